The van der Waals surface area contributed by atoms with Crippen LogP contribution in [0.15, 0.2) is 72.3 Å². The van der Waals surface area contributed by atoms with Crippen molar-refractivity contribution in [3.63, 3.8) is 0 Å². The second kappa shape index (κ2) is 10.6. The van der Waals surface area contributed by atoms with E-state index >= 15 is 0 Å². The third-order valence-electron chi connectivity index (χ3n) is 4.80. The molecule has 4 aromatic rings. The zero-order valence-electron chi connectivity index (χ0n) is 18.4. The lowest BCUT2D eigenvalue weighted by Gasteiger charge is -2.07. The highest BCUT2D eigenvalue weighted by atomic mass is 32.1. The van der Waals surface area contributed by atoms with Gasteiger partial charge in [-0.15, -0.1) is 11.3 Å². The van der Waals surface area contributed by atoms with Gasteiger partial charge in [0, 0.05) is 23.2 Å². The topological polar surface area (TPSA) is 78.3 Å². The number of ether oxygens (including phenoxy) is 2. The average molecular weight is 461 g/mol. The van der Waals surface area contributed by atoms with Gasteiger partial charge in [0.25, 0.3) is 0 Å². The van der Waals surface area contributed by atoms with Gasteiger partial charge in [-0.1, -0.05) is 18.2 Å². The van der Waals surface area contributed by atoms with Crippen LogP contribution in [0.2, 0.25) is 0 Å². The molecule has 0 aliphatic heterocycles. The SMILES string of the molecule is COc1ccc(-n2ccc(CNC(=O)/C=C/c3ccccc3OCc3csc(C)n3)n2)cc1. The summed E-state index contributed by atoms with van der Waals surface area (Å²) in [5.41, 5.74) is 3.39. The molecule has 4 rings (SSSR count). The molecule has 168 valence electrons. The van der Waals surface area contributed by atoms with Gasteiger partial charge in [-0.3, -0.25) is 4.79 Å². The van der Waals surface area contributed by atoms with Gasteiger partial charge in [-0.2, -0.15) is 5.10 Å². The highest BCUT2D eigenvalue weighted by Crippen LogP contribution is 2.21. The van der Waals surface area contributed by atoms with Crippen molar-refractivity contribution in [3.05, 3.63) is 94.2 Å². The Balaban J connectivity index is 1.32. The Hall–Kier alpha value is -3.91. The molecule has 0 aliphatic rings. The van der Waals surface area contributed by atoms with E-state index in [0.717, 1.165) is 33.4 Å². The third-order valence-corrected chi connectivity index (χ3v) is 5.62. The Kier molecular flexibility index (Phi) is 7.16. The first-order valence-electron chi connectivity index (χ1n) is 10.4. The van der Waals surface area contributed by atoms with E-state index in [0.29, 0.717) is 18.9 Å². The van der Waals surface area contributed by atoms with Crippen LogP contribution >= 0.6 is 11.3 Å². The van der Waals surface area contributed by atoms with Crippen LogP contribution in [0.3, 0.4) is 0 Å². The number of amides is 1. The lowest BCUT2D eigenvalue weighted by molar-refractivity contribution is -0.116. The summed E-state index contributed by atoms with van der Waals surface area (Å²) < 4.78 is 12.8. The molecule has 8 heteroatoms. The van der Waals surface area contributed by atoms with E-state index in [4.69, 9.17) is 9.47 Å². The molecule has 0 unspecified atom stereocenters. The van der Waals surface area contributed by atoms with Crippen LogP contribution in [0.1, 0.15) is 22.0 Å². The molecule has 7 nitrogen and oxygen atoms in total. The summed E-state index contributed by atoms with van der Waals surface area (Å²) in [5, 5.41) is 10.4. The van der Waals surface area contributed by atoms with Crippen molar-refractivity contribution in [2.45, 2.75) is 20.1 Å². The van der Waals surface area contributed by atoms with Gasteiger partial charge in [0.15, 0.2) is 0 Å². The third kappa shape index (κ3) is 6.08. The molecule has 33 heavy (non-hydrogen) atoms. The zero-order chi connectivity index (χ0) is 23.0. The van der Waals surface area contributed by atoms with E-state index in [-0.39, 0.29) is 5.91 Å². The van der Waals surface area contributed by atoms with Crippen LogP contribution in [0, 0.1) is 6.92 Å². The van der Waals surface area contributed by atoms with Crippen molar-refractivity contribution >= 4 is 23.3 Å². The summed E-state index contributed by atoms with van der Waals surface area (Å²) in [6.07, 6.45) is 5.10. The number of aromatic nitrogens is 3. The number of hydrogen-bond acceptors (Lipinski definition) is 6. The molecule has 1 N–H and O–H groups in total. The van der Waals surface area contributed by atoms with Crippen LogP contribution in [-0.4, -0.2) is 27.8 Å². The second-order valence-corrected chi connectivity index (χ2v) is 8.25. The lowest BCUT2D eigenvalue weighted by atomic mass is 10.2. The standard InChI is InChI=1S/C25H24N4O3S/c1-18-27-21(17-33-18)16-32-24-6-4-3-5-19(24)7-12-25(30)26-15-20-13-14-29(28-20)22-8-10-23(31-2)11-9-22/h3-14,17H,15-16H2,1-2H3,(H,26,30)/b12-7+. The second-order valence-electron chi connectivity index (χ2n) is 7.19. The molecule has 0 radical (unpaired) electrons. The van der Waals surface area contributed by atoms with Crippen LogP contribution in [0.25, 0.3) is 11.8 Å². The Labute approximate surface area is 196 Å². The Morgan fingerprint density at radius 3 is 2.70 bits per heavy atom. The maximum Gasteiger partial charge on any atom is 0.244 e. The smallest absolute Gasteiger partial charge is 0.244 e. The molecular formula is C25H24N4O3S. The van der Waals surface area contributed by atoms with E-state index in [1.165, 1.54) is 6.08 Å². The van der Waals surface area contributed by atoms with Gasteiger partial charge < -0.3 is 14.8 Å². The van der Waals surface area contributed by atoms with E-state index in [9.17, 15) is 4.79 Å². The fraction of sp³-hybridized carbons (Fsp3) is 0.160. The number of nitrogens with zero attached hydrogens (tertiary/aromatic N) is 3. The highest BCUT2D eigenvalue weighted by Gasteiger charge is 2.06. The largest absolute Gasteiger partial charge is 0.497 e. The van der Waals surface area contributed by atoms with Crippen LogP contribution in [0.4, 0.5) is 0 Å². The van der Waals surface area contributed by atoms with E-state index in [1.807, 2.05) is 73.1 Å². The fourth-order valence-electron chi connectivity index (χ4n) is 3.11. The monoisotopic (exact) mass is 460 g/mol. The van der Waals surface area contributed by atoms with Gasteiger partial charge in [0.05, 0.1) is 35.7 Å². The normalized spacial score (nSPS) is 11.0. The van der Waals surface area contributed by atoms with E-state index in [1.54, 1.807) is 29.2 Å². The van der Waals surface area contributed by atoms with Gasteiger partial charge in [0.2, 0.25) is 5.91 Å². The summed E-state index contributed by atoms with van der Waals surface area (Å²) >= 11 is 1.59. The van der Waals surface area contributed by atoms with Crippen LogP contribution in [0.5, 0.6) is 11.5 Å². The zero-order valence-corrected chi connectivity index (χ0v) is 19.2. The molecule has 2 aromatic heterocycles. The van der Waals surface area contributed by atoms with Crippen molar-refractivity contribution in [2.75, 3.05) is 7.11 Å². The summed E-state index contributed by atoms with van der Waals surface area (Å²) in [6.45, 7) is 2.68. The van der Waals surface area contributed by atoms with Crippen LogP contribution < -0.4 is 14.8 Å². The number of para-hydroxylation sites is 1. The summed E-state index contributed by atoms with van der Waals surface area (Å²) in [5.74, 6) is 1.28. The Morgan fingerprint density at radius 1 is 1.12 bits per heavy atom. The Bertz CT molecular complexity index is 1240. The maximum absolute atomic E-state index is 12.3. The number of carbonyl (C=O) groups is 1. The van der Waals surface area contributed by atoms with Gasteiger partial charge >= 0.3 is 0 Å². The molecule has 2 aromatic carbocycles. The minimum atomic E-state index is -0.209. The maximum atomic E-state index is 12.3. The van der Waals surface area contributed by atoms with Crippen molar-refractivity contribution in [1.29, 1.82) is 0 Å². The minimum absolute atomic E-state index is 0.209. The number of carbonyl (C=O) groups excluding carboxylic acids is 1. The summed E-state index contributed by atoms with van der Waals surface area (Å²) in [4.78, 5) is 16.7. The van der Waals surface area contributed by atoms with Crippen molar-refractivity contribution in [1.82, 2.24) is 20.1 Å². The average Bonchev–Trinajstić information content (AvgIpc) is 3.49. The molecule has 2 heterocycles. The number of hydrogen-bond donors (Lipinski definition) is 1. The number of aryl methyl sites for hydroxylation is 1. The molecule has 0 fully saturated rings. The van der Waals surface area contributed by atoms with Crippen molar-refractivity contribution < 1.29 is 14.3 Å². The summed E-state index contributed by atoms with van der Waals surface area (Å²) in [6, 6.07) is 17.1. The first-order valence-corrected chi connectivity index (χ1v) is 11.3. The molecular weight excluding hydrogens is 436 g/mol. The lowest BCUT2D eigenvalue weighted by Crippen LogP contribution is -2.20. The molecule has 1 amide bonds. The van der Waals surface area contributed by atoms with Gasteiger partial charge in [0.1, 0.15) is 18.1 Å². The van der Waals surface area contributed by atoms with Crippen molar-refractivity contribution in [3.8, 4) is 17.2 Å². The van der Waals surface area contributed by atoms with Gasteiger partial charge in [-0.25, -0.2) is 9.67 Å². The predicted octanol–water partition coefficient (Wildman–Crippen LogP) is 4.55. The number of benzene rings is 2. The first-order chi connectivity index (χ1) is 16.1. The quantitative estimate of drug-likeness (QED) is 0.371. The number of nitrogens with one attached hydrogen (secondary N) is 1. The van der Waals surface area contributed by atoms with Crippen molar-refractivity contribution in [2.24, 2.45) is 0 Å². The highest BCUT2D eigenvalue weighted by molar-refractivity contribution is 7.09. The van der Waals surface area contributed by atoms with Gasteiger partial charge in [-0.05, 0) is 49.4 Å². The Morgan fingerprint density at radius 2 is 1.94 bits per heavy atom. The molecule has 0 aliphatic carbocycles. The minimum Gasteiger partial charge on any atom is -0.497 e. The molecule has 0 bridgehead atoms. The number of methoxy groups -OCH3 is 1. The fourth-order valence-corrected chi connectivity index (χ4v) is 3.71. The molecule has 0 saturated heterocycles. The number of rotatable bonds is 9. The summed E-state index contributed by atoms with van der Waals surface area (Å²) in [7, 11) is 1.63. The predicted molar refractivity (Wildman–Crippen MR) is 129 cm³/mol. The van der Waals surface area contributed by atoms with E-state index in [2.05, 4.69) is 15.4 Å². The van der Waals surface area contributed by atoms with E-state index < -0.39 is 0 Å². The number of thiazole rings is 1. The molecule has 0 saturated carbocycles. The van der Waals surface area contributed by atoms with Crippen LogP contribution in [-0.2, 0) is 17.9 Å². The molecule has 0 atom stereocenters. The first kappa shape index (κ1) is 22.3. The molecule has 0 spiro atoms.